The maximum absolute atomic E-state index is 11.4. The van der Waals surface area contributed by atoms with Crippen molar-refractivity contribution in [3.63, 3.8) is 0 Å². The number of aromatic nitrogens is 3. The Kier molecular flexibility index (Phi) is 6.20. The summed E-state index contributed by atoms with van der Waals surface area (Å²) in [6.07, 6.45) is 3.62. The Hall–Kier alpha value is -1.86. The SMILES string of the molecule is CCOC(=O)c1cc(CNCc2nccn2C)on1.Cl. The van der Waals surface area contributed by atoms with Crippen molar-refractivity contribution in [1.29, 1.82) is 0 Å². The zero-order chi connectivity index (χ0) is 13.7. The molecule has 0 unspecified atom stereocenters. The second-order valence-corrected chi connectivity index (χ2v) is 3.96. The first-order chi connectivity index (χ1) is 9.20. The van der Waals surface area contributed by atoms with E-state index < -0.39 is 5.97 Å². The molecular weight excluding hydrogens is 284 g/mol. The van der Waals surface area contributed by atoms with Crippen LogP contribution in [0.4, 0.5) is 0 Å². The van der Waals surface area contributed by atoms with Crippen LogP contribution < -0.4 is 5.32 Å². The summed E-state index contributed by atoms with van der Waals surface area (Å²) in [6, 6.07) is 1.57. The summed E-state index contributed by atoms with van der Waals surface area (Å²) < 4.78 is 11.8. The van der Waals surface area contributed by atoms with Crippen LogP contribution in [0.5, 0.6) is 0 Å². The second kappa shape index (κ2) is 7.66. The van der Waals surface area contributed by atoms with E-state index in [-0.39, 0.29) is 18.1 Å². The topological polar surface area (TPSA) is 82.2 Å². The van der Waals surface area contributed by atoms with Crippen LogP contribution in [0.15, 0.2) is 23.0 Å². The van der Waals surface area contributed by atoms with Gasteiger partial charge in [-0.05, 0) is 6.92 Å². The minimum atomic E-state index is -0.471. The molecule has 8 heteroatoms. The van der Waals surface area contributed by atoms with Gasteiger partial charge in [-0.3, -0.25) is 0 Å². The van der Waals surface area contributed by atoms with Crippen molar-refractivity contribution in [2.75, 3.05) is 6.61 Å². The molecule has 1 N–H and O–H groups in total. The van der Waals surface area contributed by atoms with E-state index in [1.807, 2.05) is 17.8 Å². The van der Waals surface area contributed by atoms with Crippen LogP contribution in [0.25, 0.3) is 0 Å². The van der Waals surface area contributed by atoms with Crippen LogP contribution in [0.2, 0.25) is 0 Å². The van der Waals surface area contributed by atoms with Gasteiger partial charge in [0.05, 0.1) is 19.7 Å². The average molecular weight is 301 g/mol. The third-order valence-electron chi connectivity index (χ3n) is 2.55. The average Bonchev–Trinajstić information content (AvgIpc) is 3.00. The molecule has 2 aromatic rings. The quantitative estimate of drug-likeness (QED) is 0.810. The van der Waals surface area contributed by atoms with Gasteiger partial charge in [-0.25, -0.2) is 9.78 Å². The van der Waals surface area contributed by atoms with Crippen molar-refractivity contribution in [1.82, 2.24) is 20.0 Å². The van der Waals surface area contributed by atoms with Gasteiger partial charge >= 0.3 is 5.97 Å². The number of carbonyl (C=O) groups is 1. The number of carbonyl (C=O) groups excluding carboxylic acids is 1. The normalized spacial score (nSPS) is 10.1. The van der Waals surface area contributed by atoms with Crippen molar-refractivity contribution >= 4 is 18.4 Å². The Morgan fingerprint density at radius 1 is 1.50 bits per heavy atom. The Morgan fingerprint density at radius 3 is 2.95 bits per heavy atom. The van der Waals surface area contributed by atoms with E-state index in [0.717, 1.165) is 5.82 Å². The molecule has 20 heavy (non-hydrogen) atoms. The highest BCUT2D eigenvalue weighted by molar-refractivity contribution is 5.87. The maximum Gasteiger partial charge on any atom is 0.360 e. The van der Waals surface area contributed by atoms with Crippen molar-refractivity contribution in [3.8, 4) is 0 Å². The van der Waals surface area contributed by atoms with Gasteiger partial charge in [0.2, 0.25) is 0 Å². The molecule has 0 radical (unpaired) electrons. The Labute approximate surface area is 122 Å². The molecule has 0 aromatic carbocycles. The van der Waals surface area contributed by atoms with Crippen LogP contribution in [-0.2, 0) is 24.9 Å². The summed E-state index contributed by atoms with van der Waals surface area (Å²) in [5.41, 5.74) is 0.190. The lowest BCUT2D eigenvalue weighted by molar-refractivity contribution is 0.0514. The summed E-state index contributed by atoms with van der Waals surface area (Å²) in [5.74, 6) is 1.03. The monoisotopic (exact) mass is 300 g/mol. The van der Waals surface area contributed by atoms with Gasteiger partial charge in [-0.1, -0.05) is 5.16 Å². The lowest BCUT2D eigenvalue weighted by Gasteiger charge is -2.02. The summed E-state index contributed by atoms with van der Waals surface area (Å²) in [5, 5.41) is 6.82. The van der Waals surface area contributed by atoms with Crippen molar-refractivity contribution in [3.05, 3.63) is 35.7 Å². The van der Waals surface area contributed by atoms with Crippen LogP contribution >= 0.6 is 12.4 Å². The summed E-state index contributed by atoms with van der Waals surface area (Å²) in [4.78, 5) is 15.6. The van der Waals surface area contributed by atoms with Crippen LogP contribution in [-0.4, -0.2) is 27.3 Å². The molecule has 0 saturated heterocycles. The van der Waals surface area contributed by atoms with Crippen molar-refractivity contribution in [2.45, 2.75) is 20.0 Å². The lowest BCUT2D eigenvalue weighted by atomic mass is 10.3. The highest BCUT2D eigenvalue weighted by Crippen LogP contribution is 2.05. The molecule has 2 rings (SSSR count). The standard InChI is InChI=1S/C12H16N4O3.ClH/c1-3-18-12(17)10-6-9(19-15-10)7-13-8-11-14-4-5-16(11)2;/h4-6,13H,3,7-8H2,1-2H3;1H. The number of aryl methyl sites for hydroxylation is 1. The minimum Gasteiger partial charge on any atom is -0.461 e. The number of hydrogen-bond donors (Lipinski definition) is 1. The number of imidazole rings is 1. The molecule has 2 heterocycles. The fourth-order valence-corrected chi connectivity index (χ4v) is 1.56. The van der Waals surface area contributed by atoms with E-state index in [0.29, 0.717) is 25.5 Å². The first-order valence-corrected chi connectivity index (χ1v) is 6.00. The smallest absolute Gasteiger partial charge is 0.360 e. The maximum atomic E-state index is 11.4. The van der Waals surface area contributed by atoms with E-state index >= 15 is 0 Å². The summed E-state index contributed by atoms with van der Waals surface area (Å²) in [6.45, 7) is 3.14. The molecule has 0 amide bonds. The number of rotatable bonds is 6. The van der Waals surface area contributed by atoms with E-state index in [2.05, 4.69) is 15.5 Å². The van der Waals surface area contributed by atoms with Gasteiger partial charge in [0.25, 0.3) is 0 Å². The largest absolute Gasteiger partial charge is 0.461 e. The van der Waals surface area contributed by atoms with Gasteiger partial charge < -0.3 is 19.1 Å². The van der Waals surface area contributed by atoms with Crippen LogP contribution in [0.3, 0.4) is 0 Å². The van der Waals surface area contributed by atoms with Crippen molar-refractivity contribution < 1.29 is 14.1 Å². The summed E-state index contributed by atoms with van der Waals surface area (Å²) >= 11 is 0. The van der Waals surface area contributed by atoms with E-state index in [9.17, 15) is 4.79 Å². The fourth-order valence-electron chi connectivity index (χ4n) is 1.56. The Morgan fingerprint density at radius 2 is 2.30 bits per heavy atom. The molecule has 0 atom stereocenters. The molecule has 7 nitrogen and oxygen atoms in total. The number of ether oxygens (including phenoxy) is 1. The van der Waals surface area contributed by atoms with Gasteiger partial charge in [-0.15, -0.1) is 12.4 Å². The van der Waals surface area contributed by atoms with Gasteiger partial charge in [0.15, 0.2) is 11.5 Å². The van der Waals surface area contributed by atoms with E-state index in [1.54, 1.807) is 19.2 Å². The van der Waals surface area contributed by atoms with Crippen molar-refractivity contribution in [2.24, 2.45) is 7.05 Å². The molecule has 110 valence electrons. The number of nitrogens with one attached hydrogen (secondary N) is 1. The molecule has 0 fully saturated rings. The molecule has 0 spiro atoms. The van der Waals surface area contributed by atoms with E-state index in [1.165, 1.54) is 0 Å². The summed E-state index contributed by atoms with van der Waals surface area (Å²) in [7, 11) is 1.93. The predicted octanol–water partition coefficient (Wildman–Crippen LogP) is 1.30. The third-order valence-corrected chi connectivity index (χ3v) is 2.55. The van der Waals surface area contributed by atoms with Crippen LogP contribution in [0, 0.1) is 0 Å². The molecule has 0 aliphatic heterocycles. The predicted molar refractivity (Wildman–Crippen MR) is 73.5 cm³/mol. The minimum absolute atomic E-state index is 0. The molecular formula is C12H17ClN4O3. The lowest BCUT2D eigenvalue weighted by Crippen LogP contribution is -2.15. The molecule has 0 aliphatic rings. The molecule has 2 aromatic heterocycles. The number of hydrogen-bond acceptors (Lipinski definition) is 6. The zero-order valence-electron chi connectivity index (χ0n) is 11.3. The number of esters is 1. The first kappa shape index (κ1) is 16.2. The Balaban J connectivity index is 0.00000200. The van der Waals surface area contributed by atoms with E-state index in [4.69, 9.17) is 9.26 Å². The van der Waals surface area contributed by atoms with Gasteiger partial charge in [0, 0.05) is 25.5 Å². The first-order valence-electron chi connectivity index (χ1n) is 6.00. The number of nitrogens with zero attached hydrogens (tertiary/aromatic N) is 3. The fraction of sp³-hybridized carbons (Fsp3) is 0.417. The molecule has 0 aliphatic carbocycles. The Bertz CT molecular complexity index is 552. The highest BCUT2D eigenvalue weighted by atomic mass is 35.5. The zero-order valence-corrected chi connectivity index (χ0v) is 12.1. The van der Waals surface area contributed by atoms with Gasteiger partial charge in [-0.2, -0.15) is 0 Å². The molecule has 0 bridgehead atoms. The highest BCUT2D eigenvalue weighted by Gasteiger charge is 2.13. The number of halogens is 1. The second-order valence-electron chi connectivity index (χ2n) is 3.96. The van der Waals surface area contributed by atoms with Gasteiger partial charge in [0.1, 0.15) is 5.82 Å². The van der Waals surface area contributed by atoms with Crippen LogP contribution in [0.1, 0.15) is 29.0 Å². The third kappa shape index (κ3) is 4.07. The molecule has 0 saturated carbocycles.